The van der Waals surface area contributed by atoms with Gasteiger partial charge in [-0.05, 0) is 31.2 Å². The Bertz CT molecular complexity index is 819. The zero-order valence-electron chi connectivity index (χ0n) is 11.4. The number of carbonyl (C=O) groups is 2. The molecule has 0 spiro atoms. The molecule has 0 aliphatic rings. The lowest BCUT2D eigenvalue weighted by atomic mass is 10.1. The number of aldehydes is 1. The predicted molar refractivity (Wildman–Crippen MR) is 79.9 cm³/mol. The Morgan fingerprint density at radius 3 is 2.62 bits per heavy atom. The SMILES string of the molecule is Cc1ccc2c(c1)c(C=O)cn2C(=O)Oc1ccccc1. The second-order valence-corrected chi connectivity index (χ2v) is 4.77. The molecule has 0 atom stereocenters. The van der Waals surface area contributed by atoms with E-state index in [2.05, 4.69) is 0 Å². The topological polar surface area (TPSA) is 48.3 Å². The molecule has 0 aliphatic heterocycles. The van der Waals surface area contributed by atoms with E-state index in [4.69, 9.17) is 4.74 Å². The number of aromatic nitrogens is 1. The number of rotatable bonds is 2. The molecule has 0 saturated carbocycles. The van der Waals surface area contributed by atoms with Gasteiger partial charge in [-0.25, -0.2) is 4.79 Å². The van der Waals surface area contributed by atoms with E-state index in [9.17, 15) is 9.59 Å². The van der Waals surface area contributed by atoms with Crippen LogP contribution in [0.2, 0.25) is 0 Å². The highest BCUT2D eigenvalue weighted by atomic mass is 16.6. The minimum Gasteiger partial charge on any atom is -0.410 e. The van der Waals surface area contributed by atoms with Crippen LogP contribution in [0, 0.1) is 6.92 Å². The van der Waals surface area contributed by atoms with Crippen molar-refractivity contribution in [3.8, 4) is 5.75 Å². The van der Waals surface area contributed by atoms with Crippen LogP contribution >= 0.6 is 0 Å². The van der Waals surface area contributed by atoms with Gasteiger partial charge in [-0.2, -0.15) is 0 Å². The molecule has 0 fully saturated rings. The van der Waals surface area contributed by atoms with Gasteiger partial charge < -0.3 is 4.74 Å². The van der Waals surface area contributed by atoms with Gasteiger partial charge in [0.1, 0.15) is 5.75 Å². The molecule has 4 heteroatoms. The molecule has 3 aromatic rings. The number of carbonyl (C=O) groups excluding carboxylic acids is 2. The lowest BCUT2D eigenvalue weighted by Gasteiger charge is -2.05. The molecular weight excluding hydrogens is 266 g/mol. The third kappa shape index (κ3) is 2.43. The number of para-hydroxylation sites is 1. The van der Waals surface area contributed by atoms with E-state index in [0.717, 1.165) is 17.2 Å². The Kier molecular flexibility index (Phi) is 3.28. The lowest BCUT2D eigenvalue weighted by molar-refractivity contribution is 0.112. The molecule has 21 heavy (non-hydrogen) atoms. The van der Waals surface area contributed by atoms with Gasteiger partial charge in [0.2, 0.25) is 0 Å². The second-order valence-electron chi connectivity index (χ2n) is 4.77. The van der Waals surface area contributed by atoms with E-state index in [1.165, 1.54) is 10.8 Å². The summed E-state index contributed by atoms with van der Waals surface area (Å²) < 4.78 is 6.66. The highest BCUT2D eigenvalue weighted by Crippen LogP contribution is 2.22. The number of ether oxygens (including phenoxy) is 1. The first-order valence-corrected chi connectivity index (χ1v) is 6.53. The largest absolute Gasteiger partial charge is 0.423 e. The molecule has 0 bridgehead atoms. The second kappa shape index (κ2) is 5.25. The van der Waals surface area contributed by atoms with E-state index < -0.39 is 6.09 Å². The summed E-state index contributed by atoms with van der Waals surface area (Å²) in [5, 5.41) is 0.745. The van der Waals surface area contributed by atoms with Crippen molar-refractivity contribution in [2.45, 2.75) is 6.92 Å². The molecule has 4 nitrogen and oxygen atoms in total. The molecular formula is C17H13NO3. The molecule has 0 unspecified atom stereocenters. The Labute approximate surface area is 121 Å². The fraction of sp³-hybridized carbons (Fsp3) is 0.0588. The zero-order chi connectivity index (χ0) is 14.8. The first-order valence-electron chi connectivity index (χ1n) is 6.53. The van der Waals surface area contributed by atoms with Crippen molar-refractivity contribution in [3.63, 3.8) is 0 Å². The minimum absolute atomic E-state index is 0.462. The summed E-state index contributed by atoms with van der Waals surface area (Å²) in [6.45, 7) is 1.94. The zero-order valence-corrected chi connectivity index (χ0v) is 11.4. The maximum Gasteiger partial charge on any atom is 0.423 e. The summed E-state index contributed by atoms with van der Waals surface area (Å²) in [6.07, 6.45) is 1.71. The summed E-state index contributed by atoms with van der Waals surface area (Å²) in [4.78, 5) is 23.4. The van der Waals surface area contributed by atoms with Gasteiger partial charge in [0.05, 0.1) is 5.52 Å². The van der Waals surface area contributed by atoms with Gasteiger partial charge in [0, 0.05) is 17.1 Å². The van der Waals surface area contributed by atoms with Gasteiger partial charge >= 0.3 is 6.09 Å². The Morgan fingerprint density at radius 2 is 1.90 bits per heavy atom. The van der Waals surface area contributed by atoms with Crippen LogP contribution in [-0.4, -0.2) is 16.9 Å². The number of nitrogens with zero attached hydrogens (tertiary/aromatic N) is 1. The summed E-state index contributed by atoms with van der Waals surface area (Å²) >= 11 is 0. The molecule has 3 rings (SSSR count). The van der Waals surface area contributed by atoms with Crippen molar-refractivity contribution in [3.05, 3.63) is 65.9 Å². The van der Waals surface area contributed by atoms with Crippen LogP contribution in [0.15, 0.2) is 54.7 Å². The number of aryl methyl sites for hydroxylation is 1. The van der Waals surface area contributed by atoms with Crippen LogP contribution in [-0.2, 0) is 0 Å². The summed E-state index contributed by atoms with van der Waals surface area (Å²) in [6, 6.07) is 14.4. The highest BCUT2D eigenvalue weighted by molar-refractivity contribution is 6.01. The van der Waals surface area contributed by atoms with Crippen molar-refractivity contribution in [2.75, 3.05) is 0 Å². The average molecular weight is 279 g/mol. The van der Waals surface area contributed by atoms with Gasteiger partial charge in [0.25, 0.3) is 0 Å². The van der Waals surface area contributed by atoms with Crippen LogP contribution in [0.3, 0.4) is 0 Å². The third-order valence-corrected chi connectivity index (χ3v) is 3.26. The fourth-order valence-corrected chi connectivity index (χ4v) is 2.25. The quantitative estimate of drug-likeness (QED) is 0.670. The van der Waals surface area contributed by atoms with Gasteiger partial charge in [0.15, 0.2) is 6.29 Å². The van der Waals surface area contributed by atoms with Crippen molar-refractivity contribution in [2.24, 2.45) is 0 Å². The van der Waals surface area contributed by atoms with E-state index in [1.54, 1.807) is 24.3 Å². The van der Waals surface area contributed by atoms with E-state index >= 15 is 0 Å². The molecule has 0 saturated heterocycles. The summed E-state index contributed by atoms with van der Waals surface area (Å²) in [7, 11) is 0. The van der Waals surface area contributed by atoms with Crippen molar-refractivity contribution < 1.29 is 14.3 Å². The van der Waals surface area contributed by atoms with Crippen molar-refractivity contribution in [1.29, 1.82) is 0 Å². The number of hydrogen-bond donors (Lipinski definition) is 0. The van der Waals surface area contributed by atoms with Crippen LogP contribution in [0.4, 0.5) is 4.79 Å². The molecule has 1 heterocycles. The summed E-state index contributed by atoms with van der Waals surface area (Å²) in [5.74, 6) is 0.462. The van der Waals surface area contributed by atoms with E-state index in [0.29, 0.717) is 16.8 Å². The maximum absolute atomic E-state index is 12.3. The van der Waals surface area contributed by atoms with E-state index in [1.807, 2.05) is 31.2 Å². The third-order valence-electron chi connectivity index (χ3n) is 3.26. The molecule has 0 amide bonds. The highest BCUT2D eigenvalue weighted by Gasteiger charge is 2.15. The Balaban J connectivity index is 2.04. The van der Waals surface area contributed by atoms with Crippen molar-refractivity contribution >= 4 is 23.3 Å². The lowest BCUT2D eigenvalue weighted by Crippen LogP contribution is -2.15. The maximum atomic E-state index is 12.3. The molecule has 104 valence electrons. The molecule has 0 radical (unpaired) electrons. The van der Waals surface area contributed by atoms with Crippen LogP contribution in [0.25, 0.3) is 10.9 Å². The monoisotopic (exact) mass is 279 g/mol. The smallest absolute Gasteiger partial charge is 0.410 e. The first-order chi connectivity index (χ1) is 10.2. The van der Waals surface area contributed by atoms with E-state index in [-0.39, 0.29) is 0 Å². The molecule has 0 aliphatic carbocycles. The number of hydrogen-bond acceptors (Lipinski definition) is 3. The fourth-order valence-electron chi connectivity index (χ4n) is 2.25. The predicted octanol–water partition coefficient (Wildman–Crippen LogP) is 3.81. The normalized spacial score (nSPS) is 10.5. The molecule has 2 aromatic carbocycles. The van der Waals surface area contributed by atoms with Crippen LogP contribution < -0.4 is 4.74 Å². The molecule has 0 N–H and O–H groups in total. The molecule has 1 aromatic heterocycles. The number of benzene rings is 2. The van der Waals surface area contributed by atoms with Gasteiger partial charge in [-0.1, -0.05) is 29.8 Å². The van der Waals surface area contributed by atoms with Gasteiger partial charge in [-0.3, -0.25) is 9.36 Å². The minimum atomic E-state index is -0.539. The van der Waals surface area contributed by atoms with Gasteiger partial charge in [-0.15, -0.1) is 0 Å². The van der Waals surface area contributed by atoms with Crippen molar-refractivity contribution in [1.82, 2.24) is 4.57 Å². The van der Waals surface area contributed by atoms with Crippen LogP contribution in [0.1, 0.15) is 15.9 Å². The standard InChI is InChI=1S/C17H13NO3/c1-12-7-8-16-15(9-12)13(11-19)10-18(16)17(20)21-14-5-3-2-4-6-14/h2-11H,1H3. The summed E-state index contributed by atoms with van der Waals surface area (Å²) in [5.41, 5.74) is 2.15. The average Bonchev–Trinajstić information content (AvgIpc) is 2.86. The Hall–Kier alpha value is -2.88. The number of fused-ring (bicyclic) bond motifs is 1. The Morgan fingerprint density at radius 1 is 1.14 bits per heavy atom. The first kappa shape index (κ1) is 13.1. The van der Waals surface area contributed by atoms with Crippen LogP contribution in [0.5, 0.6) is 5.75 Å².